The van der Waals surface area contributed by atoms with Crippen LogP contribution in [0.5, 0.6) is 0 Å². The molecule has 1 aromatic heterocycles. The maximum Gasteiger partial charge on any atom is 0.252 e. The summed E-state index contributed by atoms with van der Waals surface area (Å²) in [5, 5.41) is 0. The SMILES string of the molecule is Cc1cc(S(=O)(=O)N2C[C@@H](N)[C@H](c3ccccc3)C2)sc1C.Cl. The minimum atomic E-state index is -3.44. The molecule has 2 aromatic rings. The van der Waals surface area contributed by atoms with Gasteiger partial charge in [0.25, 0.3) is 10.0 Å². The summed E-state index contributed by atoms with van der Waals surface area (Å²) in [6.45, 7) is 4.70. The van der Waals surface area contributed by atoms with Gasteiger partial charge in [0.2, 0.25) is 0 Å². The van der Waals surface area contributed by atoms with E-state index in [1.54, 1.807) is 6.07 Å². The number of rotatable bonds is 3. The summed E-state index contributed by atoms with van der Waals surface area (Å²) in [6.07, 6.45) is 0. The normalized spacial score (nSPS) is 22.0. The van der Waals surface area contributed by atoms with Crippen LogP contribution in [-0.2, 0) is 10.0 Å². The molecule has 1 saturated heterocycles. The Morgan fingerprint density at radius 2 is 1.83 bits per heavy atom. The Labute approximate surface area is 147 Å². The summed E-state index contributed by atoms with van der Waals surface area (Å²) in [7, 11) is -3.44. The number of sulfonamides is 1. The summed E-state index contributed by atoms with van der Waals surface area (Å²) < 4.78 is 27.6. The molecule has 4 nitrogen and oxygen atoms in total. The second-order valence-electron chi connectivity index (χ2n) is 5.81. The van der Waals surface area contributed by atoms with Crippen LogP contribution in [0.4, 0.5) is 0 Å². The quantitative estimate of drug-likeness (QED) is 0.900. The van der Waals surface area contributed by atoms with Crippen molar-refractivity contribution in [3.05, 3.63) is 52.4 Å². The molecule has 1 aliphatic heterocycles. The molecule has 0 bridgehead atoms. The predicted octanol–water partition coefficient (Wildman–Crippen LogP) is 2.90. The highest BCUT2D eigenvalue weighted by Gasteiger charge is 2.38. The molecule has 1 aromatic carbocycles. The number of hydrogen-bond donors (Lipinski definition) is 1. The standard InChI is InChI=1S/C16H20N2O2S2.ClH/c1-11-8-16(21-12(11)2)22(19,20)18-9-14(15(17)10-18)13-6-4-3-5-7-13;/h3-8,14-15H,9-10,17H2,1-2H3;1H/t14-,15+;/m0./s1. The molecule has 0 radical (unpaired) electrons. The van der Waals surface area contributed by atoms with E-state index in [9.17, 15) is 8.42 Å². The fourth-order valence-electron chi connectivity index (χ4n) is 2.83. The van der Waals surface area contributed by atoms with E-state index in [4.69, 9.17) is 5.73 Å². The van der Waals surface area contributed by atoms with Crippen molar-refractivity contribution in [2.24, 2.45) is 5.73 Å². The lowest BCUT2D eigenvalue weighted by Crippen LogP contribution is -2.31. The highest BCUT2D eigenvalue weighted by Crippen LogP contribution is 2.33. The molecule has 0 unspecified atom stereocenters. The van der Waals surface area contributed by atoms with Gasteiger partial charge in [-0.15, -0.1) is 23.7 Å². The average Bonchev–Trinajstić information content (AvgIpc) is 3.04. The first-order valence-corrected chi connectivity index (χ1v) is 9.53. The fraction of sp³-hybridized carbons (Fsp3) is 0.375. The lowest BCUT2D eigenvalue weighted by Gasteiger charge is -2.15. The maximum atomic E-state index is 12.8. The molecule has 2 atom stereocenters. The molecule has 23 heavy (non-hydrogen) atoms. The summed E-state index contributed by atoms with van der Waals surface area (Å²) in [5.74, 6) is 0.0538. The fourth-order valence-corrected chi connectivity index (χ4v) is 6.01. The van der Waals surface area contributed by atoms with E-state index in [-0.39, 0.29) is 24.4 Å². The minimum absolute atomic E-state index is 0. The Bertz CT molecular complexity index is 755. The third kappa shape index (κ3) is 3.46. The Morgan fingerprint density at radius 1 is 1.17 bits per heavy atom. The number of aryl methyl sites for hydroxylation is 2. The van der Waals surface area contributed by atoms with Crippen LogP contribution in [-0.4, -0.2) is 31.9 Å². The van der Waals surface area contributed by atoms with Gasteiger partial charge in [-0.05, 0) is 31.0 Å². The molecular weight excluding hydrogens is 352 g/mol. The van der Waals surface area contributed by atoms with Crippen molar-refractivity contribution in [1.82, 2.24) is 4.31 Å². The van der Waals surface area contributed by atoms with Gasteiger partial charge in [0.05, 0.1) is 0 Å². The van der Waals surface area contributed by atoms with Crippen LogP contribution >= 0.6 is 23.7 Å². The predicted molar refractivity (Wildman–Crippen MR) is 97.0 cm³/mol. The van der Waals surface area contributed by atoms with Crippen molar-refractivity contribution < 1.29 is 8.42 Å². The average molecular weight is 373 g/mol. The molecule has 0 spiro atoms. The molecule has 7 heteroatoms. The molecule has 1 fully saturated rings. The van der Waals surface area contributed by atoms with E-state index in [2.05, 4.69) is 0 Å². The number of thiophene rings is 1. The second kappa shape index (κ2) is 6.91. The Balaban J connectivity index is 0.00000192. The van der Waals surface area contributed by atoms with Crippen molar-refractivity contribution in [2.75, 3.05) is 13.1 Å². The van der Waals surface area contributed by atoms with Crippen molar-refractivity contribution in [2.45, 2.75) is 30.0 Å². The molecule has 1 aliphatic rings. The van der Waals surface area contributed by atoms with Gasteiger partial charge in [-0.3, -0.25) is 0 Å². The van der Waals surface area contributed by atoms with Crippen LogP contribution < -0.4 is 5.73 Å². The van der Waals surface area contributed by atoms with Crippen molar-refractivity contribution in [1.29, 1.82) is 0 Å². The Morgan fingerprint density at radius 3 is 2.39 bits per heavy atom. The zero-order chi connectivity index (χ0) is 15.9. The number of nitrogens with two attached hydrogens (primary N) is 1. The molecule has 2 heterocycles. The minimum Gasteiger partial charge on any atom is -0.326 e. The van der Waals surface area contributed by atoms with Crippen molar-refractivity contribution in [3.63, 3.8) is 0 Å². The zero-order valence-corrected chi connectivity index (χ0v) is 15.5. The van der Waals surface area contributed by atoms with Crippen LogP contribution in [0.25, 0.3) is 0 Å². The number of benzene rings is 1. The van der Waals surface area contributed by atoms with Crippen molar-refractivity contribution >= 4 is 33.8 Å². The zero-order valence-electron chi connectivity index (χ0n) is 13.1. The number of hydrogen-bond acceptors (Lipinski definition) is 4. The van der Waals surface area contributed by atoms with Gasteiger partial charge in [0, 0.05) is 29.9 Å². The van der Waals surface area contributed by atoms with Crippen LogP contribution in [0.15, 0.2) is 40.6 Å². The number of halogens is 1. The van der Waals surface area contributed by atoms with Crippen molar-refractivity contribution in [3.8, 4) is 0 Å². The summed E-state index contributed by atoms with van der Waals surface area (Å²) in [6, 6.07) is 11.5. The van der Waals surface area contributed by atoms with Gasteiger partial charge in [-0.1, -0.05) is 30.3 Å². The van der Waals surface area contributed by atoms with Gasteiger partial charge >= 0.3 is 0 Å². The van der Waals surface area contributed by atoms with Gasteiger partial charge in [0.15, 0.2) is 0 Å². The van der Waals surface area contributed by atoms with Gasteiger partial charge in [-0.2, -0.15) is 4.31 Å². The monoisotopic (exact) mass is 372 g/mol. The lowest BCUT2D eigenvalue weighted by molar-refractivity contribution is 0.472. The summed E-state index contributed by atoms with van der Waals surface area (Å²) in [5.41, 5.74) is 8.33. The maximum absolute atomic E-state index is 12.8. The first-order chi connectivity index (χ1) is 10.4. The first-order valence-electron chi connectivity index (χ1n) is 7.27. The van der Waals surface area contributed by atoms with Crippen LogP contribution in [0.2, 0.25) is 0 Å². The highest BCUT2D eigenvalue weighted by atomic mass is 35.5. The van der Waals surface area contributed by atoms with E-state index in [1.165, 1.54) is 15.6 Å². The Kier molecular flexibility index (Phi) is 5.53. The second-order valence-corrected chi connectivity index (χ2v) is 9.23. The summed E-state index contributed by atoms with van der Waals surface area (Å²) >= 11 is 1.34. The molecular formula is C16H21ClN2O2S2. The summed E-state index contributed by atoms with van der Waals surface area (Å²) in [4.78, 5) is 1.04. The van der Waals surface area contributed by atoms with E-state index in [0.29, 0.717) is 17.3 Å². The van der Waals surface area contributed by atoms with Crippen LogP contribution in [0, 0.1) is 13.8 Å². The topological polar surface area (TPSA) is 63.4 Å². The molecule has 2 N–H and O–H groups in total. The largest absolute Gasteiger partial charge is 0.326 e. The lowest BCUT2D eigenvalue weighted by atomic mass is 9.95. The van der Waals surface area contributed by atoms with Crippen LogP contribution in [0.3, 0.4) is 0 Å². The smallest absolute Gasteiger partial charge is 0.252 e. The molecule has 126 valence electrons. The Hall–Kier alpha value is -0.920. The van der Waals surface area contributed by atoms with E-state index in [1.807, 2.05) is 44.2 Å². The van der Waals surface area contributed by atoms with E-state index >= 15 is 0 Å². The van der Waals surface area contributed by atoms with Gasteiger partial charge < -0.3 is 5.73 Å². The third-order valence-corrected chi connectivity index (χ3v) is 7.73. The highest BCUT2D eigenvalue weighted by molar-refractivity contribution is 7.91. The molecule has 0 aliphatic carbocycles. The molecule has 0 amide bonds. The van der Waals surface area contributed by atoms with Gasteiger partial charge in [-0.25, -0.2) is 8.42 Å². The molecule has 3 rings (SSSR count). The third-order valence-electron chi connectivity index (χ3n) is 4.30. The van der Waals surface area contributed by atoms with E-state index < -0.39 is 10.0 Å². The van der Waals surface area contributed by atoms with Crippen LogP contribution in [0.1, 0.15) is 21.9 Å². The molecule has 0 saturated carbocycles. The number of nitrogens with zero attached hydrogens (tertiary/aromatic N) is 1. The van der Waals surface area contributed by atoms with E-state index in [0.717, 1.165) is 16.0 Å². The first kappa shape index (κ1) is 18.4. The van der Waals surface area contributed by atoms with Gasteiger partial charge in [0.1, 0.15) is 4.21 Å².